The normalized spacial score (nSPS) is 14.0. The maximum atomic E-state index is 5.82. The Kier molecular flexibility index (Phi) is 8.77. The van der Waals surface area contributed by atoms with E-state index in [0.29, 0.717) is 12.5 Å². The van der Waals surface area contributed by atoms with Crippen LogP contribution in [0.25, 0.3) is 0 Å². The number of ether oxygens (including phenoxy) is 2. The molecule has 0 amide bonds. The van der Waals surface area contributed by atoms with Gasteiger partial charge in [0.25, 0.3) is 0 Å². The van der Waals surface area contributed by atoms with Gasteiger partial charge in [0.05, 0.1) is 12.7 Å². The fourth-order valence-corrected chi connectivity index (χ4v) is 1.55. The van der Waals surface area contributed by atoms with Crippen LogP contribution in [0, 0.1) is 0 Å². The molecule has 1 atom stereocenters. The molecule has 3 heteroatoms. The molecule has 0 unspecified atom stereocenters. The van der Waals surface area contributed by atoms with Crippen LogP contribution >= 0.6 is 11.6 Å². The Bertz CT molecular complexity index is 212. The molecule has 2 nitrogen and oxygen atoms in total. The third-order valence-corrected chi connectivity index (χ3v) is 2.62. The summed E-state index contributed by atoms with van der Waals surface area (Å²) in [5.74, 6) is 0.552. The number of alkyl halides is 1. The van der Waals surface area contributed by atoms with Gasteiger partial charge in [-0.05, 0) is 19.8 Å². The standard InChI is InChI=1S/C12H21ClO2/c1-10(2)12(15-4)6-5-11(9-13)7-8-14-3/h7,12H,1,5-6,8-9H2,2-4H3/b11-7-/t12-/m1/s1. The minimum absolute atomic E-state index is 0.124. The summed E-state index contributed by atoms with van der Waals surface area (Å²) in [6, 6.07) is 0. The van der Waals surface area contributed by atoms with Gasteiger partial charge in [-0.2, -0.15) is 0 Å². The SMILES string of the molecule is C=C(C)[C@@H](CC/C(=C/COC)CCl)OC. The Morgan fingerprint density at radius 2 is 2.13 bits per heavy atom. The number of hydrogen-bond acceptors (Lipinski definition) is 2. The average molecular weight is 233 g/mol. The predicted octanol–water partition coefficient (Wildman–Crippen LogP) is 3.17. The molecular weight excluding hydrogens is 212 g/mol. The van der Waals surface area contributed by atoms with Gasteiger partial charge in [-0.15, -0.1) is 11.6 Å². The zero-order valence-corrected chi connectivity index (χ0v) is 10.6. The van der Waals surface area contributed by atoms with E-state index in [2.05, 4.69) is 6.58 Å². The predicted molar refractivity (Wildman–Crippen MR) is 65.5 cm³/mol. The third kappa shape index (κ3) is 6.72. The van der Waals surface area contributed by atoms with Gasteiger partial charge in [-0.3, -0.25) is 0 Å². The lowest BCUT2D eigenvalue weighted by molar-refractivity contribution is 0.125. The fourth-order valence-electron chi connectivity index (χ4n) is 1.31. The highest BCUT2D eigenvalue weighted by molar-refractivity contribution is 6.19. The largest absolute Gasteiger partial charge is 0.381 e. The average Bonchev–Trinajstić information content (AvgIpc) is 2.23. The van der Waals surface area contributed by atoms with Crippen LogP contribution in [0.4, 0.5) is 0 Å². The minimum Gasteiger partial charge on any atom is -0.381 e. The second-order valence-electron chi connectivity index (χ2n) is 3.56. The van der Waals surface area contributed by atoms with Crippen molar-refractivity contribution in [2.24, 2.45) is 0 Å². The second-order valence-corrected chi connectivity index (χ2v) is 3.83. The van der Waals surface area contributed by atoms with Gasteiger partial charge in [0.1, 0.15) is 0 Å². The van der Waals surface area contributed by atoms with E-state index in [-0.39, 0.29) is 6.10 Å². The number of halogens is 1. The molecule has 15 heavy (non-hydrogen) atoms. The third-order valence-electron chi connectivity index (χ3n) is 2.27. The van der Waals surface area contributed by atoms with Crippen LogP contribution in [0.5, 0.6) is 0 Å². The van der Waals surface area contributed by atoms with Crippen LogP contribution in [0.2, 0.25) is 0 Å². The molecule has 0 aromatic carbocycles. The number of methoxy groups -OCH3 is 2. The highest BCUT2D eigenvalue weighted by Crippen LogP contribution is 2.15. The van der Waals surface area contributed by atoms with E-state index < -0.39 is 0 Å². The molecule has 0 saturated heterocycles. The van der Waals surface area contributed by atoms with Crippen molar-refractivity contribution in [2.45, 2.75) is 25.9 Å². The van der Waals surface area contributed by atoms with Crippen molar-refractivity contribution in [3.63, 3.8) is 0 Å². The van der Waals surface area contributed by atoms with Crippen LogP contribution < -0.4 is 0 Å². The van der Waals surface area contributed by atoms with Gasteiger partial charge in [-0.25, -0.2) is 0 Å². The lowest BCUT2D eigenvalue weighted by Gasteiger charge is -2.15. The molecule has 0 saturated carbocycles. The molecule has 0 heterocycles. The van der Waals surface area contributed by atoms with E-state index in [0.717, 1.165) is 18.4 Å². The maximum Gasteiger partial charge on any atom is 0.0779 e. The van der Waals surface area contributed by atoms with E-state index in [4.69, 9.17) is 21.1 Å². The van der Waals surface area contributed by atoms with Crippen LogP contribution in [0.1, 0.15) is 19.8 Å². The van der Waals surface area contributed by atoms with Gasteiger partial charge < -0.3 is 9.47 Å². The molecule has 0 N–H and O–H groups in total. The molecule has 0 fully saturated rings. The lowest BCUT2D eigenvalue weighted by atomic mass is 10.0. The van der Waals surface area contributed by atoms with Crippen LogP contribution in [-0.4, -0.2) is 32.8 Å². The van der Waals surface area contributed by atoms with Gasteiger partial charge in [-0.1, -0.05) is 23.8 Å². The molecule has 0 aromatic rings. The zero-order valence-electron chi connectivity index (χ0n) is 9.88. The summed E-state index contributed by atoms with van der Waals surface area (Å²) < 4.78 is 10.3. The van der Waals surface area contributed by atoms with Crippen molar-refractivity contribution < 1.29 is 9.47 Å². The molecular formula is C12H21ClO2. The minimum atomic E-state index is 0.124. The van der Waals surface area contributed by atoms with Gasteiger partial charge in [0, 0.05) is 20.1 Å². The monoisotopic (exact) mass is 232 g/mol. The van der Waals surface area contributed by atoms with E-state index in [1.807, 2.05) is 13.0 Å². The van der Waals surface area contributed by atoms with E-state index >= 15 is 0 Å². The van der Waals surface area contributed by atoms with Crippen molar-refractivity contribution in [2.75, 3.05) is 26.7 Å². The molecule has 0 bridgehead atoms. The number of rotatable bonds is 8. The molecule has 0 aliphatic rings. The number of hydrogen-bond donors (Lipinski definition) is 0. The summed E-state index contributed by atoms with van der Waals surface area (Å²) >= 11 is 5.82. The van der Waals surface area contributed by atoms with E-state index in [1.165, 1.54) is 5.57 Å². The van der Waals surface area contributed by atoms with Crippen LogP contribution in [-0.2, 0) is 9.47 Å². The van der Waals surface area contributed by atoms with Crippen molar-refractivity contribution in [1.29, 1.82) is 0 Å². The van der Waals surface area contributed by atoms with Crippen molar-refractivity contribution in [3.05, 3.63) is 23.8 Å². The Labute approximate surface area is 97.9 Å². The molecule has 0 spiro atoms. The Morgan fingerprint density at radius 3 is 2.53 bits per heavy atom. The molecule has 0 rings (SSSR count). The fraction of sp³-hybridized carbons (Fsp3) is 0.667. The first-order chi connectivity index (χ1) is 7.15. The summed E-state index contributed by atoms with van der Waals surface area (Å²) in [4.78, 5) is 0. The van der Waals surface area contributed by atoms with Gasteiger partial charge in [0.15, 0.2) is 0 Å². The summed E-state index contributed by atoms with van der Waals surface area (Å²) in [6.07, 6.45) is 4.00. The van der Waals surface area contributed by atoms with Crippen LogP contribution in [0.3, 0.4) is 0 Å². The summed E-state index contributed by atoms with van der Waals surface area (Å²) in [5.41, 5.74) is 2.25. The van der Waals surface area contributed by atoms with E-state index in [9.17, 15) is 0 Å². The Morgan fingerprint density at radius 1 is 1.47 bits per heavy atom. The lowest BCUT2D eigenvalue weighted by Crippen LogP contribution is -2.11. The molecule has 0 aromatic heterocycles. The van der Waals surface area contributed by atoms with E-state index in [1.54, 1.807) is 14.2 Å². The topological polar surface area (TPSA) is 18.5 Å². The second kappa shape index (κ2) is 8.96. The highest BCUT2D eigenvalue weighted by Gasteiger charge is 2.08. The quantitative estimate of drug-likeness (QED) is 0.473. The Balaban J connectivity index is 4.03. The molecule has 0 aliphatic carbocycles. The highest BCUT2D eigenvalue weighted by atomic mass is 35.5. The van der Waals surface area contributed by atoms with Crippen LogP contribution in [0.15, 0.2) is 23.8 Å². The van der Waals surface area contributed by atoms with Gasteiger partial charge in [0.2, 0.25) is 0 Å². The summed E-state index contributed by atoms with van der Waals surface area (Å²) in [6.45, 7) is 6.49. The van der Waals surface area contributed by atoms with Crippen molar-refractivity contribution >= 4 is 11.6 Å². The Hall–Kier alpha value is -0.310. The zero-order chi connectivity index (χ0) is 11.7. The molecule has 0 aliphatic heterocycles. The van der Waals surface area contributed by atoms with Crippen molar-refractivity contribution in [3.8, 4) is 0 Å². The first-order valence-corrected chi connectivity index (χ1v) is 5.60. The molecule has 0 radical (unpaired) electrons. The smallest absolute Gasteiger partial charge is 0.0779 e. The summed E-state index contributed by atoms with van der Waals surface area (Å²) in [5, 5.41) is 0. The van der Waals surface area contributed by atoms with Crippen molar-refractivity contribution in [1.82, 2.24) is 0 Å². The first-order valence-electron chi connectivity index (χ1n) is 5.06. The van der Waals surface area contributed by atoms with Gasteiger partial charge >= 0.3 is 0 Å². The summed E-state index contributed by atoms with van der Waals surface area (Å²) in [7, 11) is 3.38. The maximum absolute atomic E-state index is 5.82. The molecule has 88 valence electrons. The first kappa shape index (κ1) is 14.7. The number of allylic oxidation sites excluding steroid dienone is 1.